The van der Waals surface area contributed by atoms with Crippen molar-refractivity contribution in [2.75, 3.05) is 24.6 Å². The molecule has 2 aliphatic heterocycles. The zero-order chi connectivity index (χ0) is 24.3. The van der Waals surface area contributed by atoms with Gasteiger partial charge in [-0.3, -0.25) is 9.50 Å². The van der Waals surface area contributed by atoms with Crippen molar-refractivity contribution in [1.29, 1.82) is 0 Å². The molecule has 0 aliphatic carbocycles. The summed E-state index contributed by atoms with van der Waals surface area (Å²) in [4.78, 5) is 11.4. The lowest BCUT2D eigenvalue weighted by Gasteiger charge is -2.39. The molecule has 2 aliphatic rings. The standard InChI is InChI=1S/C24H20F4N6O/c1-13-11-24(12-35-13)4-7-33(8-5-24)23-30-21-17(22-29-6-9-34(22)23)16(31-32-21)3-2-14-10-15(25)19(27)20(28)18(14)26/h6,9-10,13H,4-5,7-8,11-12H2,1H3,(H,31,32)/t13-/m0/s1. The van der Waals surface area contributed by atoms with Crippen molar-refractivity contribution in [3.05, 3.63) is 53.0 Å². The third kappa shape index (κ3) is 3.51. The molecule has 1 atom stereocenters. The van der Waals surface area contributed by atoms with Gasteiger partial charge in [0, 0.05) is 25.5 Å². The highest BCUT2D eigenvalue weighted by molar-refractivity contribution is 5.94. The number of halogens is 4. The van der Waals surface area contributed by atoms with E-state index in [1.807, 2.05) is 4.40 Å². The van der Waals surface area contributed by atoms with E-state index in [1.165, 1.54) is 0 Å². The van der Waals surface area contributed by atoms with Crippen LogP contribution in [0.25, 0.3) is 16.7 Å². The van der Waals surface area contributed by atoms with Crippen LogP contribution < -0.4 is 4.90 Å². The number of aromatic amines is 1. The number of fused-ring (bicyclic) bond motifs is 3. The first-order valence-corrected chi connectivity index (χ1v) is 11.3. The minimum Gasteiger partial charge on any atom is -0.378 e. The zero-order valence-corrected chi connectivity index (χ0v) is 18.7. The van der Waals surface area contributed by atoms with Crippen molar-refractivity contribution in [2.24, 2.45) is 5.41 Å². The Balaban J connectivity index is 1.36. The molecule has 1 N–H and O–H groups in total. The maximum absolute atomic E-state index is 14.0. The second-order valence-corrected chi connectivity index (χ2v) is 9.24. The monoisotopic (exact) mass is 484 g/mol. The second-order valence-electron chi connectivity index (χ2n) is 9.24. The predicted molar refractivity (Wildman–Crippen MR) is 119 cm³/mol. The fraction of sp³-hybridized carbons (Fsp3) is 0.375. The van der Waals surface area contributed by atoms with Gasteiger partial charge in [-0.2, -0.15) is 10.1 Å². The van der Waals surface area contributed by atoms with Crippen LogP contribution in [0.3, 0.4) is 0 Å². The van der Waals surface area contributed by atoms with Crippen LogP contribution in [0.1, 0.15) is 37.4 Å². The summed E-state index contributed by atoms with van der Waals surface area (Å²) in [5, 5.41) is 7.46. The summed E-state index contributed by atoms with van der Waals surface area (Å²) in [6.07, 6.45) is 6.78. The summed E-state index contributed by atoms with van der Waals surface area (Å²) in [5.74, 6) is -1.22. The maximum atomic E-state index is 14.0. The first-order chi connectivity index (χ1) is 16.8. The van der Waals surface area contributed by atoms with E-state index in [0.717, 1.165) is 39.0 Å². The molecule has 0 bridgehead atoms. The van der Waals surface area contributed by atoms with Crippen LogP contribution >= 0.6 is 0 Å². The summed E-state index contributed by atoms with van der Waals surface area (Å²) >= 11 is 0. The number of nitrogens with zero attached hydrogens (tertiary/aromatic N) is 5. The molecule has 180 valence electrons. The Morgan fingerprint density at radius 3 is 2.66 bits per heavy atom. The number of hydrogen-bond acceptors (Lipinski definition) is 5. The van der Waals surface area contributed by atoms with Crippen molar-refractivity contribution in [2.45, 2.75) is 32.3 Å². The van der Waals surface area contributed by atoms with Crippen LogP contribution in [-0.4, -0.2) is 50.4 Å². The van der Waals surface area contributed by atoms with Crippen LogP contribution in [0.2, 0.25) is 0 Å². The molecule has 6 rings (SSSR count). The van der Waals surface area contributed by atoms with Gasteiger partial charge >= 0.3 is 0 Å². The zero-order valence-electron chi connectivity index (χ0n) is 18.7. The Hall–Kier alpha value is -3.65. The number of piperidine rings is 1. The lowest BCUT2D eigenvalue weighted by atomic mass is 9.77. The van der Waals surface area contributed by atoms with Gasteiger partial charge in [-0.25, -0.2) is 22.5 Å². The number of nitrogens with one attached hydrogen (secondary N) is 1. The van der Waals surface area contributed by atoms with Crippen molar-refractivity contribution in [3.8, 4) is 11.8 Å². The lowest BCUT2D eigenvalue weighted by Crippen LogP contribution is -2.41. The van der Waals surface area contributed by atoms with Gasteiger partial charge in [-0.05, 0) is 43.6 Å². The number of imidazole rings is 1. The van der Waals surface area contributed by atoms with Gasteiger partial charge < -0.3 is 9.64 Å². The van der Waals surface area contributed by atoms with Gasteiger partial charge in [-0.15, -0.1) is 0 Å². The van der Waals surface area contributed by atoms with E-state index in [9.17, 15) is 17.6 Å². The number of H-pyrrole nitrogens is 1. The van der Waals surface area contributed by atoms with Gasteiger partial charge in [0.1, 0.15) is 5.69 Å². The predicted octanol–water partition coefficient (Wildman–Crippen LogP) is 3.96. The molecule has 0 amide bonds. The molecule has 2 saturated heterocycles. The molecule has 1 spiro atoms. The van der Waals surface area contributed by atoms with E-state index in [1.54, 1.807) is 12.4 Å². The fourth-order valence-electron chi connectivity index (χ4n) is 5.11. The maximum Gasteiger partial charge on any atom is 0.213 e. The summed E-state index contributed by atoms with van der Waals surface area (Å²) in [5.41, 5.74) is 0.749. The van der Waals surface area contributed by atoms with Gasteiger partial charge in [0.15, 0.2) is 34.6 Å². The van der Waals surface area contributed by atoms with Crippen LogP contribution in [0.5, 0.6) is 0 Å². The van der Waals surface area contributed by atoms with Gasteiger partial charge in [0.2, 0.25) is 5.95 Å². The quantitative estimate of drug-likeness (QED) is 0.192. The molecule has 3 aromatic heterocycles. The summed E-state index contributed by atoms with van der Waals surface area (Å²) in [6.45, 7) is 4.55. The molecular weight excluding hydrogens is 464 g/mol. The van der Waals surface area contributed by atoms with Crippen LogP contribution in [0.4, 0.5) is 23.5 Å². The third-order valence-corrected chi connectivity index (χ3v) is 6.96. The number of benzene rings is 1. The summed E-state index contributed by atoms with van der Waals surface area (Å²) in [7, 11) is 0. The molecule has 0 radical (unpaired) electrons. The second kappa shape index (κ2) is 7.95. The first-order valence-electron chi connectivity index (χ1n) is 11.3. The largest absolute Gasteiger partial charge is 0.378 e. The highest BCUT2D eigenvalue weighted by Crippen LogP contribution is 2.42. The third-order valence-electron chi connectivity index (χ3n) is 6.96. The topological polar surface area (TPSA) is 71.3 Å². The Morgan fingerprint density at radius 2 is 1.91 bits per heavy atom. The average molecular weight is 484 g/mol. The molecule has 5 heterocycles. The molecule has 35 heavy (non-hydrogen) atoms. The minimum absolute atomic E-state index is 0.175. The molecular formula is C24H20F4N6O. The number of aromatic nitrogens is 5. The van der Waals surface area contributed by atoms with Crippen LogP contribution in [0.15, 0.2) is 18.5 Å². The number of ether oxygens (including phenoxy) is 1. The van der Waals surface area contributed by atoms with E-state index in [-0.39, 0.29) is 17.2 Å². The van der Waals surface area contributed by atoms with E-state index in [0.29, 0.717) is 28.7 Å². The van der Waals surface area contributed by atoms with E-state index in [4.69, 9.17) is 9.72 Å². The highest BCUT2D eigenvalue weighted by atomic mass is 19.2. The number of hydrogen-bond donors (Lipinski definition) is 1. The minimum atomic E-state index is -1.91. The Morgan fingerprint density at radius 1 is 1.11 bits per heavy atom. The molecule has 2 fully saturated rings. The lowest BCUT2D eigenvalue weighted by molar-refractivity contribution is 0.0975. The Kier molecular flexibility index (Phi) is 4.96. The smallest absolute Gasteiger partial charge is 0.213 e. The summed E-state index contributed by atoms with van der Waals surface area (Å²) in [6, 6.07) is 0.510. The number of rotatable bonds is 1. The van der Waals surface area contributed by atoms with Crippen molar-refractivity contribution in [3.63, 3.8) is 0 Å². The van der Waals surface area contributed by atoms with Crippen molar-refractivity contribution in [1.82, 2.24) is 24.6 Å². The normalized spacial score (nSPS) is 19.6. The molecule has 0 saturated carbocycles. The van der Waals surface area contributed by atoms with Crippen LogP contribution in [0, 0.1) is 40.5 Å². The SMILES string of the molecule is C[C@H]1CC2(CCN(c3nc4[nH]nc(C#Cc5cc(F)c(F)c(F)c5F)c4c4nccn34)CC2)CO1. The van der Waals surface area contributed by atoms with Gasteiger partial charge in [-0.1, -0.05) is 5.92 Å². The average Bonchev–Trinajstić information content (AvgIpc) is 3.58. The van der Waals surface area contributed by atoms with E-state index in [2.05, 4.69) is 38.8 Å². The number of anilines is 1. The van der Waals surface area contributed by atoms with E-state index < -0.39 is 28.8 Å². The molecule has 11 heteroatoms. The Labute approximate surface area is 197 Å². The van der Waals surface area contributed by atoms with Gasteiger partial charge in [0.25, 0.3) is 0 Å². The molecule has 4 aromatic rings. The van der Waals surface area contributed by atoms with Crippen LogP contribution in [-0.2, 0) is 4.74 Å². The molecule has 0 unspecified atom stereocenters. The molecule has 7 nitrogen and oxygen atoms in total. The van der Waals surface area contributed by atoms with Gasteiger partial charge in [0.05, 0.1) is 23.7 Å². The highest BCUT2D eigenvalue weighted by Gasteiger charge is 2.41. The summed E-state index contributed by atoms with van der Waals surface area (Å²) < 4.78 is 62.0. The van der Waals surface area contributed by atoms with Crippen molar-refractivity contribution >= 4 is 22.6 Å². The first kappa shape index (κ1) is 21.9. The fourth-order valence-corrected chi connectivity index (χ4v) is 5.11. The van der Waals surface area contributed by atoms with Crippen molar-refractivity contribution < 1.29 is 22.3 Å². The van der Waals surface area contributed by atoms with E-state index >= 15 is 0 Å². The molecule has 1 aromatic carbocycles. The Bertz CT molecular complexity index is 1530.